The highest BCUT2D eigenvalue weighted by molar-refractivity contribution is 7.12. The molecule has 0 saturated carbocycles. The first-order valence-corrected chi connectivity index (χ1v) is 10.3. The first-order valence-electron chi connectivity index (χ1n) is 9.46. The normalized spacial score (nSPS) is 13.5. The molecule has 1 aromatic carbocycles. The van der Waals surface area contributed by atoms with Crippen LogP contribution in [-0.2, 0) is 9.59 Å². The average Bonchev–Trinajstić information content (AvgIpc) is 3.40. The predicted molar refractivity (Wildman–Crippen MR) is 109 cm³/mol. The summed E-state index contributed by atoms with van der Waals surface area (Å²) in [6.07, 6.45) is 2.36. The molecule has 1 fully saturated rings. The van der Waals surface area contributed by atoms with E-state index in [1.54, 1.807) is 24.3 Å². The van der Waals surface area contributed by atoms with Crippen molar-refractivity contribution in [3.63, 3.8) is 0 Å². The molecule has 1 aliphatic heterocycles. The van der Waals surface area contributed by atoms with Crippen molar-refractivity contribution in [3.8, 4) is 0 Å². The predicted octanol–water partition coefficient (Wildman–Crippen LogP) is 4.44. The van der Waals surface area contributed by atoms with E-state index < -0.39 is 11.7 Å². The summed E-state index contributed by atoms with van der Waals surface area (Å²) in [7, 11) is 0. The minimum absolute atomic E-state index is 0.0280. The number of amides is 1. The lowest BCUT2D eigenvalue weighted by molar-refractivity contribution is -0.122. The second-order valence-corrected chi connectivity index (χ2v) is 7.76. The van der Waals surface area contributed by atoms with E-state index in [1.807, 2.05) is 5.38 Å². The molecule has 0 bridgehead atoms. The number of rotatable bonds is 9. The number of benzene rings is 1. The molecule has 3 rings (SSSR count). The Hall–Kier alpha value is -2.54. The van der Waals surface area contributed by atoms with Crippen LogP contribution in [0.2, 0.25) is 0 Å². The fourth-order valence-electron chi connectivity index (χ4n) is 3.25. The summed E-state index contributed by atoms with van der Waals surface area (Å²) in [4.78, 5) is 38.9. The fourth-order valence-corrected chi connectivity index (χ4v) is 3.95. The first-order chi connectivity index (χ1) is 13.5. The monoisotopic (exact) mass is 402 g/mol. The Labute approximate surface area is 167 Å². The first kappa shape index (κ1) is 20.2. The Morgan fingerprint density at radius 1 is 1.00 bits per heavy atom. The van der Waals surface area contributed by atoms with Crippen LogP contribution < -0.4 is 10.2 Å². The van der Waals surface area contributed by atoms with E-state index >= 15 is 0 Å². The molecule has 1 aromatic heterocycles. The Bertz CT molecular complexity index is 845. The fraction of sp³-hybridized carbons (Fsp3) is 0.381. The smallest absolute Gasteiger partial charge is 0.224 e. The summed E-state index contributed by atoms with van der Waals surface area (Å²) in [6, 6.07) is 8.27. The molecule has 7 heteroatoms. The van der Waals surface area contributed by atoms with Gasteiger partial charge in [0.2, 0.25) is 5.91 Å². The van der Waals surface area contributed by atoms with Gasteiger partial charge < -0.3 is 10.2 Å². The minimum atomic E-state index is -0.481. The number of carbonyl (C=O) groups is 3. The molecule has 0 unspecified atom stereocenters. The van der Waals surface area contributed by atoms with Gasteiger partial charge in [0.1, 0.15) is 17.3 Å². The maximum Gasteiger partial charge on any atom is 0.224 e. The summed E-state index contributed by atoms with van der Waals surface area (Å²) in [5, 5.41) is 4.44. The Balaban J connectivity index is 1.49. The highest BCUT2D eigenvalue weighted by Crippen LogP contribution is 2.31. The number of hydrogen-bond donors (Lipinski definition) is 1. The van der Waals surface area contributed by atoms with Crippen molar-refractivity contribution in [1.82, 2.24) is 0 Å². The number of carbonyl (C=O) groups excluding carboxylic acids is 3. The van der Waals surface area contributed by atoms with Gasteiger partial charge >= 0.3 is 0 Å². The Kier molecular flexibility index (Phi) is 6.92. The molecule has 1 amide bonds. The highest BCUT2D eigenvalue weighted by Gasteiger charge is 2.20. The van der Waals surface area contributed by atoms with E-state index in [9.17, 15) is 18.8 Å². The van der Waals surface area contributed by atoms with Crippen LogP contribution in [0.1, 0.15) is 48.2 Å². The minimum Gasteiger partial charge on any atom is -0.370 e. The van der Waals surface area contributed by atoms with Crippen molar-refractivity contribution in [2.75, 3.05) is 23.3 Å². The van der Waals surface area contributed by atoms with E-state index in [-0.39, 0.29) is 42.9 Å². The number of nitrogens with one attached hydrogen (secondary N) is 1. The van der Waals surface area contributed by atoms with Gasteiger partial charge in [0.15, 0.2) is 5.78 Å². The third-order valence-corrected chi connectivity index (χ3v) is 5.67. The SMILES string of the molecule is O=C(CCC(=O)Nc1c(F)cccc1N1CCCC1)CCC(=O)c1cccs1. The topological polar surface area (TPSA) is 66.5 Å². The number of Topliss-reactive ketones (excluding diaryl/α,β-unsaturated/α-hetero) is 2. The van der Waals surface area contributed by atoms with Crippen LogP contribution >= 0.6 is 11.3 Å². The second kappa shape index (κ2) is 9.59. The van der Waals surface area contributed by atoms with E-state index in [4.69, 9.17) is 0 Å². The van der Waals surface area contributed by atoms with Gasteiger partial charge in [-0.3, -0.25) is 14.4 Å². The average molecular weight is 402 g/mol. The van der Waals surface area contributed by atoms with Gasteiger partial charge in [0, 0.05) is 38.8 Å². The van der Waals surface area contributed by atoms with Crippen LogP contribution in [-0.4, -0.2) is 30.6 Å². The lowest BCUT2D eigenvalue weighted by Gasteiger charge is -2.22. The number of anilines is 2. The Morgan fingerprint density at radius 3 is 2.46 bits per heavy atom. The number of thiophene rings is 1. The van der Waals surface area contributed by atoms with Gasteiger partial charge in [-0.15, -0.1) is 11.3 Å². The lowest BCUT2D eigenvalue weighted by atomic mass is 10.1. The second-order valence-electron chi connectivity index (χ2n) is 6.82. The quantitative estimate of drug-likeness (QED) is 0.630. The van der Waals surface area contributed by atoms with E-state index in [0.717, 1.165) is 25.9 Å². The third kappa shape index (κ3) is 5.25. The molecule has 5 nitrogen and oxygen atoms in total. The standard InChI is InChI=1S/C21H23FN2O3S/c22-16-5-3-6-17(24-12-1-2-13-24)21(16)23-20(27)11-9-15(25)8-10-18(26)19-7-4-14-28-19/h3-7,14H,1-2,8-13H2,(H,23,27). The van der Waals surface area contributed by atoms with Crippen molar-refractivity contribution in [2.24, 2.45) is 0 Å². The molecule has 148 valence electrons. The number of para-hydroxylation sites is 1. The van der Waals surface area contributed by atoms with Crippen LogP contribution in [0.3, 0.4) is 0 Å². The molecule has 0 spiro atoms. The van der Waals surface area contributed by atoms with E-state index in [1.165, 1.54) is 17.4 Å². The van der Waals surface area contributed by atoms with Crippen LogP contribution in [0, 0.1) is 5.82 Å². The molecule has 2 heterocycles. The maximum atomic E-state index is 14.3. The molecule has 1 aliphatic rings. The van der Waals surface area contributed by atoms with Crippen molar-refractivity contribution >= 4 is 40.2 Å². The Morgan fingerprint density at radius 2 is 1.75 bits per heavy atom. The highest BCUT2D eigenvalue weighted by atomic mass is 32.1. The molecule has 0 radical (unpaired) electrons. The van der Waals surface area contributed by atoms with Gasteiger partial charge in [-0.1, -0.05) is 12.1 Å². The largest absolute Gasteiger partial charge is 0.370 e. The van der Waals surface area contributed by atoms with Crippen LogP contribution in [0.5, 0.6) is 0 Å². The lowest BCUT2D eigenvalue weighted by Crippen LogP contribution is -2.22. The number of hydrogen-bond acceptors (Lipinski definition) is 5. The van der Waals surface area contributed by atoms with Crippen LogP contribution in [0.25, 0.3) is 0 Å². The van der Waals surface area contributed by atoms with E-state index in [0.29, 0.717) is 10.6 Å². The van der Waals surface area contributed by atoms with Crippen molar-refractivity contribution in [3.05, 3.63) is 46.4 Å². The van der Waals surface area contributed by atoms with Crippen molar-refractivity contribution in [2.45, 2.75) is 38.5 Å². The molecule has 28 heavy (non-hydrogen) atoms. The van der Waals surface area contributed by atoms with Crippen molar-refractivity contribution in [1.29, 1.82) is 0 Å². The van der Waals surface area contributed by atoms with Gasteiger partial charge in [-0.2, -0.15) is 0 Å². The van der Waals surface area contributed by atoms with E-state index in [2.05, 4.69) is 10.2 Å². The zero-order chi connectivity index (χ0) is 19.9. The molecule has 1 saturated heterocycles. The molecule has 1 N–H and O–H groups in total. The third-order valence-electron chi connectivity index (χ3n) is 4.76. The van der Waals surface area contributed by atoms with Gasteiger partial charge in [-0.25, -0.2) is 4.39 Å². The summed E-state index contributed by atoms with van der Waals surface area (Å²) in [5.41, 5.74) is 0.855. The maximum absolute atomic E-state index is 14.3. The van der Waals surface area contributed by atoms with Gasteiger partial charge in [0.25, 0.3) is 0 Å². The number of nitrogens with zero attached hydrogens (tertiary/aromatic N) is 1. The van der Waals surface area contributed by atoms with Gasteiger partial charge in [0.05, 0.1) is 10.6 Å². The molecular formula is C21H23FN2O3S. The molecule has 0 atom stereocenters. The van der Waals surface area contributed by atoms with Crippen LogP contribution in [0.4, 0.5) is 15.8 Å². The summed E-state index contributed by atoms with van der Waals surface area (Å²) in [5.74, 6) is -1.09. The molecule has 0 aliphatic carbocycles. The number of halogens is 1. The molecule has 2 aromatic rings. The molecular weight excluding hydrogens is 379 g/mol. The summed E-state index contributed by atoms with van der Waals surface area (Å²) in [6.45, 7) is 1.67. The summed E-state index contributed by atoms with van der Waals surface area (Å²) >= 11 is 1.35. The van der Waals surface area contributed by atoms with Crippen molar-refractivity contribution < 1.29 is 18.8 Å². The number of ketones is 2. The van der Waals surface area contributed by atoms with Crippen LogP contribution in [0.15, 0.2) is 35.7 Å². The van der Waals surface area contributed by atoms with Gasteiger partial charge in [-0.05, 0) is 36.4 Å². The summed E-state index contributed by atoms with van der Waals surface area (Å²) < 4.78 is 14.3. The zero-order valence-corrected chi connectivity index (χ0v) is 16.4. The zero-order valence-electron chi connectivity index (χ0n) is 15.6.